The van der Waals surface area contributed by atoms with Crippen LogP contribution in [0.25, 0.3) is 43.7 Å². The number of hydrogen-bond donors (Lipinski definition) is 2. The fourth-order valence-electron chi connectivity index (χ4n) is 5.69. The molecule has 2 aromatic carbocycles. The molecule has 0 radical (unpaired) electrons. The molecular weight excluding hydrogens is 589 g/mol. The van der Waals surface area contributed by atoms with E-state index in [4.69, 9.17) is 14.5 Å². The van der Waals surface area contributed by atoms with Crippen LogP contribution in [0, 0.1) is 5.82 Å². The second-order valence-corrected chi connectivity index (χ2v) is 13.2. The van der Waals surface area contributed by atoms with Crippen molar-refractivity contribution in [1.82, 2.24) is 25.4 Å². The molecule has 0 fully saturated rings. The first kappa shape index (κ1) is 30.9. The van der Waals surface area contributed by atoms with Gasteiger partial charge in [-0.3, -0.25) is 9.48 Å². The highest BCUT2D eigenvalue weighted by Gasteiger charge is 2.24. The molecule has 45 heavy (non-hydrogen) atoms. The SMILES string of the molecule is COCCOc1cc(F)ccc1-c1c(-c2cnn(CCC(=O)NC(C)(C)C)c2)nc(-c2ccc3c(c2)CCNC3)c2ccsc12. The Hall–Kier alpha value is -4.12. The lowest BCUT2D eigenvalue weighted by Gasteiger charge is -2.20. The molecule has 6 rings (SSSR count). The molecule has 0 unspecified atom stereocenters. The Morgan fingerprint density at radius 3 is 2.78 bits per heavy atom. The summed E-state index contributed by atoms with van der Waals surface area (Å²) in [6.07, 6.45) is 4.97. The third-order valence-corrected chi connectivity index (χ3v) is 8.65. The number of aromatic nitrogens is 3. The number of thiophene rings is 1. The Labute approximate surface area is 266 Å². The smallest absolute Gasteiger partial charge is 0.222 e. The number of methoxy groups -OCH3 is 1. The molecule has 1 aliphatic rings. The van der Waals surface area contributed by atoms with Crippen molar-refractivity contribution in [3.05, 3.63) is 77.2 Å². The van der Waals surface area contributed by atoms with E-state index in [1.165, 1.54) is 23.3 Å². The number of nitrogens with one attached hydrogen (secondary N) is 2. The van der Waals surface area contributed by atoms with Gasteiger partial charge in [0.25, 0.3) is 0 Å². The third kappa shape index (κ3) is 6.93. The number of carbonyl (C=O) groups is 1. The van der Waals surface area contributed by atoms with Crippen LogP contribution in [-0.2, 0) is 29.0 Å². The Morgan fingerprint density at radius 1 is 1.09 bits per heavy atom. The summed E-state index contributed by atoms with van der Waals surface area (Å²) >= 11 is 1.62. The minimum Gasteiger partial charge on any atom is -0.490 e. The van der Waals surface area contributed by atoms with Crippen LogP contribution in [0.2, 0.25) is 0 Å². The number of fused-ring (bicyclic) bond motifs is 2. The average Bonchev–Trinajstić information content (AvgIpc) is 3.69. The van der Waals surface area contributed by atoms with Crippen LogP contribution >= 0.6 is 11.3 Å². The van der Waals surface area contributed by atoms with E-state index in [1.807, 2.05) is 27.0 Å². The molecule has 10 heteroatoms. The van der Waals surface area contributed by atoms with Crippen molar-refractivity contribution in [3.63, 3.8) is 0 Å². The van der Waals surface area contributed by atoms with Crippen LogP contribution in [0.1, 0.15) is 38.3 Å². The maximum Gasteiger partial charge on any atom is 0.222 e. The van der Waals surface area contributed by atoms with Crippen molar-refractivity contribution in [2.24, 2.45) is 0 Å². The van der Waals surface area contributed by atoms with E-state index in [-0.39, 0.29) is 23.9 Å². The van der Waals surface area contributed by atoms with Gasteiger partial charge in [0.15, 0.2) is 0 Å². The van der Waals surface area contributed by atoms with E-state index >= 15 is 0 Å². The molecule has 0 aliphatic carbocycles. The van der Waals surface area contributed by atoms with Crippen LogP contribution in [-0.4, -0.2) is 53.1 Å². The molecule has 0 bridgehead atoms. The number of halogens is 1. The van der Waals surface area contributed by atoms with Crippen LogP contribution in [0.4, 0.5) is 4.39 Å². The Morgan fingerprint density at radius 2 is 1.96 bits per heavy atom. The molecule has 4 heterocycles. The van der Waals surface area contributed by atoms with Crippen molar-refractivity contribution >= 4 is 27.3 Å². The van der Waals surface area contributed by atoms with Crippen LogP contribution < -0.4 is 15.4 Å². The van der Waals surface area contributed by atoms with Gasteiger partial charge >= 0.3 is 0 Å². The van der Waals surface area contributed by atoms with E-state index < -0.39 is 0 Å². The van der Waals surface area contributed by atoms with Gasteiger partial charge in [0, 0.05) is 76.8 Å². The topological polar surface area (TPSA) is 90.3 Å². The number of pyridine rings is 1. The minimum absolute atomic E-state index is 0.0348. The summed E-state index contributed by atoms with van der Waals surface area (Å²) in [6, 6.07) is 13.3. The predicted molar refractivity (Wildman–Crippen MR) is 177 cm³/mol. The average molecular weight is 628 g/mol. The zero-order valence-corrected chi connectivity index (χ0v) is 26.9. The number of rotatable bonds is 10. The number of benzene rings is 2. The van der Waals surface area contributed by atoms with E-state index in [9.17, 15) is 9.18 Å². The van der Waals surface area contributed by atoms with E-state index in [0.717, 1.165) is 57.5 Å². The normalized spacial score (nSPS) is 13.2. The van der Waals surface area contributed by atoms with Gasteiger partial charge in [-0.1, -0.05) is 12.1 Å². The van der Waals surface area contributed by atoms with Gasteiger partial charge in [-0.25, -0.2) is 9.37 Å². The number of nitrogens with zero attached hydrogens (tertiary/aromatic N) is 3. The summed E-state index contributed by atoms with van der Waals surface area (Å²) in [7, 11) is 1.60. The van der Waals surface area contributed by atoms with Gasteiger partial charge in [0.1, 0.15) is 18.2 Å². The maximum atomic E-state index is 14.6. The van der Waals surface area contributed by atoms with E-state index in [1.54, 1.807) is 35.4 Å². The summed E-state index contributed by atoms with van der Waals surface area (Å²) < 4.78 is 28.6. The number of ether oxygens (including phenoxy) is 2. The van der Waals surface area contributed by atoms with Gasteiger partial charge in [-0.15, -0.1) is 11.3 Å². The molecule has 5 aromatic rings. The molecule has 1 aliphatic heterocycles. The van der Waals surface area contributed by atoms with Gasteiger partial charge in [0.05, 0.1) is 24.2 Å². The zero-order chi connectivity index (χ0) is 31.6. The predicted octanol–water partition coefficient (Wildman–Crippen LogP) is 6.61. The number of aryl methyl sites for hydroxylation is 1. The number of carbonyl (C=O) groups excluding carboxylic acids is 1. The van der Waals surface area contributed by atoms with Crippen molar-refractivity contribution in [2.45, 2.75) is 52.2 Å². The van der Waals surface area contributed by atoms with Crippen molar-refractivity contribution in [2.75, 3.05) is 26.9 Å². The summed E-state index contributed by atoms with van der Waals surface area (Å²) in [5.74, 6) is 0.00197. The highest BCUT2D eigenvalue weighted by molar-refractivity contribution is 7.18. The first-order valence-corrected chi connectivity index (χ1v) is 16.1. The van der Waals surface area contributed by atoms with E-state index in [0.29, 0.717) is 31.0 Å². The van der Waals surface area contributed by atoms with Crippen LogP contribution in [0.3, 0.4) is 0 Å². The molecule has 0 saturated carbocycles. The van der Waals surface area contributed by atoms with Gasteiger partial charge in [-0.05, 0) is 74.5 Å². The summed E-state index contributed by atoms with van der Waals surface area (Å²) in [5.41, 5.74) is 7.37. The molecule has 1 amide bonds. The lowest BCUT2D eigenvalue weighted by molar-refractivity contribution is -0.122. The molecule has 0 spiro atoms. The Balaban J connectivity index is 1.49. The molecule has 3 aromatic heterocycles. The third-order valence-electron chi connectivity index (χ3n) is 7.72. The molecule has 0 saturated heterocycles. The minimum atomic E-state index is -0.385. The highest BCUT2D eigenvalue weighted by Crippen LogP contribution is 2.46. The second-order valence-electron chi connectivity index (χ2n) is 12.3. The largest absolute Gasteiger partial charge is 0.490 e. The summed E-state index contributed by atoms with van der Waals surface area (Å²) in [5, 5.41) is 14.1. The summed E-state index contributed by atoms with van der Waals surface area (Å²) in [4.78, 5) is 17.9. The van der Waals surface area contributed by atoms with Crippen molar-refractivity contribution < 1.29 is 18.7 Å². The Kier molecular flexibility index (Phi) is 8.98. The van der Waals surface area contributed by atoms with Crippen LogP contribution in [0.15, 0.2) is 60.2 Å². The second kappa shape index (κ2) is 13.1. The van der Waals surface area contributed by atoms with E-state index in [2.05, 4.69) is 45.4 Å². The summed E-state index contributed by atoms with van der Waals surface area (Å²) in [6.45, 7) is 8.78. The molecule has 234 valence electrons. The molecule has 8 nitrogen and oxygen atoms in total. The highest BCUT2D eigenvalue weighted by atomic mass is 32.1. The Bertz CT molecular complexity index is 1840. The van der Waals surface area contributed by atoms with Crippen molar-refractivity contribution in [1.29, 1.82) is 0 Å². The lowest BCUT2D eigenvalue weighted by atomic mass is 9.93. The quantitative estimate of drug-likeness (QED) is 0.170. The fourth-order valence-corrected chi connectivity index (χ4v) is 6.65. The first-order valence-electron chi connectivity index (χ1n) is 15.2. The van der Waals surface area contributed by atoms with Crippen LogP contribution in [0.5, 0.6) is 5.75 Å². The van der Waals surface area contributed by atoms with Crippen molar-refractivity contribution in [3.8, 4) is 39.4 Å². The fraction of sp³-hybridized carbons (Fsp3) is 0.343. The molecule has 2 N–H and O–H groups in total. The number of amides is 1. The van der Waals surface area contributed by atoms with Gasteiger partial charge in [0.2, 0.25) is 5.91 Å². The monoisotopic (exact) mass is 627 g/mol. The number of hydrogen-bond acceptors (Lipinski definition) is 7. The molecule has 0 atom stereocenters. The zero-order valence-electron chi connectivity index (χ0n) is 26.1. The van der Waals surface area contributed by atoms with Gasteiger partial charge < -0.3 is 20.1 Å². The standard InChI is InChI=1S/C35H38FN5O3S/c1-35(2,3)40-30(42)10-13-41-21-25(20-38-41)33-31(27-8-7-26(36)18-29(27)44-15-14-43-4)34-28(11-16-45-34)32(39-33)23-5-6-24-19-37-12-9-22(24)17-23/h5-8,11,16-18,20-21,37H,9-10,12-15,19H2,1-4H3,(H,40,42). The maximum absolute atomic E-state index is 14.6. The van der Waals surface area contributed by atoms with Gasteiger partial charge in [-0.2, -0.15) is 5.10 Å². The first-order chi connectivity index (χ1) is 21.7. The lowest BCUT2D eigenvalue weighted by Crippen LogP contribution is -2.40. The molecular formula is C35H38FN5O3S.